The minimum Gasteiger partial charge on any atom is -0.342 e. The van der Waals surface area contributed by atoms with Crippen molar-refractivity contribution in [2.75, 3.05) is 18.9 Å². The third kappa shape index (κ3) is 5.75. The molecule has 3 aromatic carbocycles. The lowest BCUT2D eigenvalue weighted by atomic mass is 10.1. The Morgan fingerprint density at radius 3 is 2.44 bits per heavy atom. The maximum Gasteiger partial charge on any atom is 0.255 e. The second-order valence-corrected chi connectivity index (χ2v) is 8.02. The van der Waals surface area contributed by atoms with E-state index in [2.05, 4.69) is 15.5 Å². The van der Waals surface area contributed by atoms with Gasteiger partial charge in [0.1, 0.15) is 5.82 Å². The van der Waals surface area contributed by atoms with Gasteiger partial charge in [-0.2, -0.15) is 5.10 Å². The molecule has 0 saturated heterocycles. The summed E-state index contributed by atoms with van der Waals surface area (Å²) in [5.41, 5.74) is 4.09. The average molecular weight is 457 g/mol. The van der Waals surface area contributed by atoms with E-state index in [0.717, 1.165) is 17.7 Å². The predicted octanol–water partition coefficient (Wildman–Crippen LogP) is 5.17. The molecule has 0 fully saturated rings. The highest BCUT2D eigenvalue weighted by atomic mass is 19.1. The van der Waals surface area contributed by atoms with Crippen molar-refractivity contribution < 1.29 is 14.0 Å². The van der Waals surface area contributed by atoms with E-state index in [1.807, 2.05) is 30.3 Å². The fourth-order valence-corrected chi connectivity index (χ4v) is 3.60. The summed E-state index contributed by atoms with van der Waals surface area (Å²) in [4.78, 5) is 26.7. The number of rotatable bonds is 8. The number of aryl methyl sites for hydroxylation is 1. The molecule has 2 N–H and O–H groups in total. The third-order valence-electron chi connectivity index (χ3n) is 5.46. The number of nitrogens with one attached hydrogen (secondary N) is 2. The summed E-state index contributed by atoms with van der Waals surface area (Å²) in [5.74, 6) is -0.587. The lowest BCUT2D eigenvalue weighted by Gasteiger charge is -2.17. The van der Waals surface area contributed by atoms with E-state index in [1.54, 1.807) is 54.4 Å². The van der Waals surface area contributed by atoms with E-state index in [4.69, 9.17) is 0 Å². The molecular weight excluding hydrogens is 431 g/mol. The summed E-state index contributed by atoms with van der Waals surface area (Å²) in [6.45, 7) is 0.569. The van der Waals surface area contributed by atoms with Gasteiger partial charge < -0.3 is 10.2 Å². The molecule has 34 heavy (non-hydrogen) atoms. The molecule has 6 nitrogen and oxygen atoms in total. The zero-order chi connectivity index (χ0) is 23.9. The molecule has 4 rings (SSSR count). The van der Waals surface area contributed by atoms with Crippen LogP contribution < -0.4 is 5.32 Å². The van der Waals surface area contributed by atoms with Crippen LogP contribution >= 0.6 is 0 Å². The number of nitrogens with zero attached hydrogens (tertiary/aromatic N) is 2. The number of carbonyl (C=O) groups is 2. The van der Waals surface area contributed by atoms with Gasteiger partial charge in [-0.05, 0) is 67.4 Å². The first-order valence-corrected chi connectivity index (χ1v) is 11.0. The van der Waals surface area contributed by atoms with Crippen LogP contribution in [-0.4, -0.2) is 40.5 Å². The molecule has 1 aromatic heterocycles. The highest BCUT2D eigenvalue weighted by Gasteiger charge is 2.13. The summed E-state index contributed by atoms with van der Waals surface area (Å²) in [6, 6.07) is 24.0. The summed E-state index contributed by atoms with van der Waals surface area (Å²) < 4.78 is 13.4. The van der Waals surface area contributed by atoms with Crippen LogP contribution in [0.2, 0.25) is 0 Å². The van der Waals surface area contributed by atoms with E-state index in [0.29, 0.717) is 35.5 Å². The molecular formula is C27H25FN4O2. The smallest absolute Gasteiger partial charge is 0.255 e. The second kappa shape index (κ2) is 10.6. The Labute approximate surface area is 197 Å². The number of anilines is 1. The first-order chi connectivity index (χ1) is 16.5. The molecule has 0 aliphatic heterocycles. The quantitative estimate of drug-likeness (QED) is 0.384. The van der Waals surface area contributed by atoms with Crippen molar-refractivity contribution in [1.82, 2.24) is 15.1 Å². The van der Waals surface area contributed by atoms with Crippen molar-refractivity contribution in [2.24, 2.45) is 0 Å². The lowest BCUT2D eigenvalue weighted by molar-refractivity contribution is 0.0793. The molecule has 0 aliphatic carbocycles. The molecule has 2 amide bonds. The lowest BCUT2D eigenvalue weighted by Crippen LogP contribution is -2.28. The van der Waals surface area contributed by atoms with Crippen molar-refractivity contribution in [3.8, 4) is 11.3 Å². The fraction of sp³-hybridized carbons (Fsp3) is 0.148. The second-order valence-electron chi connectivity index (χ2n) is 8.02. The van der Waals surface area contributed by atoms with Gasteiger partial charge in [-0.3, -0.25) is 14.7 Å². The monoisotopic (exact) mass is 456 g/mol. The Morgan fingerprint density at radius 2 is 1.71 bits per heavy atom. The highest BCUT2D eigenvalue weighted by molar-refractivity contribution is 6.04. The molecule has 0 aliphatic rings. The first-order valence-electron chi connectivity index (χ1n) is 11.0. The van der Waals surface area contributed by atoms with E-state index in [9.17, 15) is 14.0 Å². The van der Waals surface area contributed by atoms with Crippen molar-refractivity contribution in [3.05, 3.63) is 108 Å². The SMILES string of the molecule is CN(CCCc1cc(-c2cccc(F)c2)n[nH]1)C(=O)c1ccc(NC(=O)c2ccccc2)cc1. The van der Waals surface area contributed by atoms with Crippen molar-refractivity contribution in [3.63, 3.8) is 0 Å². The number of amides is 2. The van der Waals surface area contributed by atoms with Gasteiger partial charge in [-0.15, -0.1) is 0 Å². The third-order valence-corrected chi connectivity index (χ3v) is 5.46. The first kappa shape index (κ1) is 22.9. The normalized spacial score (nSPS) is 10.6. The molecule has 4 aromatic rings. The van der Waals surface area contributed by atoms with Crippen LogP contribution in [0, 0.1) is 5.82 Å². The number of hydrogen-bond donors (Lipinski definition) is 2. The fourth-order valence-electron chi connectivity index (χ4n) is 3.60. The molecule has 0 bridgehead atoms. The Kier molecular flexibility index (Phi) is 7.13. The van der Waals surface area contributed by atoms with Crippen LogP contribution in [0.5, 0.6) is 0 Å². The highest BCUT2D eigenvalue weighted by Crippen LogP contribution is 2.19. The molecule has 0 unspecified atom stereocenters. The average Bonchev–Trinajstić information content (AvgIpc) is 3.33. The Bertz CT molecular complexity index is 1270. The van der Waals surface area contributed by atoms with E-state index in [-0.39, 0.29) is 17.6 Å². The van der Waals surface area contributed by atoms with Crippen molar-refractivity contribution in [2.45, 2.75) is 12.8 Å². The number of hydrogen-bond acceptors (Lipinski definition) is 3. The summed E-state index contributed by atoms with van der Waals surface area (Å²) in [5, 5.41) is 10.1. The molecule has 0 atom stereocenters. The molecule has 1 heterocycles. The molecule has 0 radical (unpaired) electrons. The summed E-state index contributed by atoms with van der Waals surface area (Å²) >= 11 is 0. The van der Waals surface area contributed by atoms with Crippen LogP contribution in [0.4, 0.5) is 10.1 Å². The van der Waals surface area contributed by atoms with Crippen LogP contribution in [0.1, 0.15) is 32.8 Å². The number of halogens is 1. The van der Waals surface area contributed by atoms with E-state index >= 15 is 0 Å². The maximum atomic E-state index is 13.4. The topological polar surface area (TPSA) is 78.1 Å². The maximum absolute atomic E-state index is 13.4. The molecule has 172 valence electrons. The van der Waals surface area contributed by atoms with Crippen molar-refractivity contribution >= 4 is 17.5 Å². The number of aromatic amines is 1. The molecule has 0 spiro atoms. The minimum absolute atomic E-state index is 0.0917. The zero-order valence-corrected chi connectivity index (χ0v) is 18.8. The Morgan fingerprint density at radius 1 is 0.941 bits per heavy atom. The van der Waals surface area contributed by atoms with E-state index in [1.165, 1.54) is 12.1 Å². The summed E-state index contributed by atoms with van der Waals surface area (Å²) in [6.07, 6.45) is 1.46. The van der Waals surface area contributed by atoms with Gasteiger partial charge in [-0.25, -0.2) is 4.39 Å². The van der Waals surface area contributed by atoms with Gasteiger partial charge in [0.2, 0.25) is 0 Å². The zero-order valence-electron chi connectivity index (χ0n) is 18.8. The van der Waals surface area contributed by atoms with Crippen molar-refractivity contribution in [1.29, 1.82) is 0 Å². The Balaban J connectivity index is 1.27. The summed E-state index contributed by atoms with van der Waals surface area (Å²) in [7, 11) is 1.76. The van der Waals surface area contributed by atoms with Gasteiger partial charge in [0.25, 0.3) is 11.8 Å². The number of carbonyl (C=O) groups excluding carboxylic acids is 2. The standard InChI is InChI=1S/C27H25FN4O2/c1-32(16-6-11-24-18-25(31-30-24)21-9-5-10-22(28)17-21)27(34)20-12-14-23(15-13-20)29-26(33)19-7-3-2-4-8-19/h2-5,7-10,12-15,17-18H,6,11,16H2,1H3,(H,29,33)(H,30,31). The van der Waals surface area contributed by atoms with Crippen LogP contribution in [0.15, 0.2) is 84.9 Å². The van der Waals surface area contributed by atoms with Gasteiger partial charge in [-0.1, -0.05) is 30.3 Å². The molecule has 0 saturated carbocycles. The Hall–Kier alpha value is -4.26. The van der Waals surface area contributed by atoms with Crippen LogP contribution in [-0.2, 0) is 6.42 Å². The number of H-pyrrole nitrogens is 1. The van der Waals surface area contributed by atoms with Gasteiger partial charge in [0.05, 0.1) is 5.69 Å². The van der Waals surface area contributed by atoms with Gasteiger partial charge in [0.15, 0.2) is 0 Å². The largest absolute Gasteiger partial charge is 0.342 e. The number of aromatic nitrogens is 2. The molecule has 7 heteroatoms. The van der Waals surface area contributed by atoms with Crippen LogP contribution in [0.3, 0.4) is 0 Å². The predicted molar refractivity (Wildman–Crippen MR) is 130 cm³/mol. The van der Waals surface area contributed by atoms with Gasteiger partial charge >= 0.3 is 0 Å². The van der Waals surface area contributed by atoms with E-state index < -0.39 is 0 Å². The van der Waals surface area contributed by atoms with Crippen LogP contribution in [0.25, 0.3) is 11.3 Å². The minimum atomic E-state index is -0.297. The number of benzene rings is 3. The van der Waals surface area contributed by atoms with Gasteiger partial charge in [0, 0.05) is 41.7 Å².